The molecule has 0 aliphatic rings. The Morgan fingerprint density at radius 1 is 1.21 bits per heavy atom. The van der Waals surface area contributed by atoms with E-state index < -0.39 is 11.3 Å². The normalized spacial score (nSPS) is 11.2. The fourth-order valence-electron chi connectivity index (χ4n) is 3.39. The van der Waals surface area contributed by atoms with Gasteiger partial charge in [0, 0.05) is 35.2 Å². The molecule has 4 aromatic rings. The SMILES string of the molecule is CCn1nc(C(=O)NCCc2c[nH]c3ccccc23)c(=O)c2cc(Cl)ccc21. The number of rotatable bonds is 5. The van der Waals surface area contributed by atoms with Crippen LogP contribution in [0.2, 0.25) is 5.02 Å². The highest BCUT2D eigenvalue weighted by atomic mass is 35.5. The second-order valence-corrected chi connectivity index (χ2v) is 6.96. The third kappa shape index (κ3) is 3.27. The first-order valence-corrected chi connectivity index (χ1v) is 9.50. The van der Waals surface area contributed by atoms with Gasteiger partial charge in [0.2, 0.25) is 5.43 Å². The maximum Gasteiger partial charge on any atom is 0.275 e. The van der Waals surface area contributed by atoms with E-state index in [0.717, 1.165) is 16.5 Å². The molecule has 0 aliphatic heterocycles. The maximum atomic E-state index is 12.8. The van der Waals surface area contributed by atoms with E-state index in [1.54, 1.807) is 22.9 Å². The van der Waals surface area contributed by atoms with Crippen LogP contribution >= 0.6 is 11.6 Å². The average molecular weight is 395 g/mol. The van der Waals surface area contributed by atoms with Crippen molar-refractivity contribution in [3.05, 3.63) is 75.2 Å². The predicted molar refractivity (Wildman–Crippen MR) is 111 cm³/mol. The van der Waals surface area contributed by atoms with Crippen molar-refractivity contribution in [1.82, 2.24) is 20.1 Å². The number of para-hydroxylation sites is 1. The van der Waals surface area contributed by atoms with Gasteiger partial charge in [0.05, 0.1) is 10.9 Å². The first kappa shape index (κ1) is 18.3. The predicted octanol–water partition coefficient (Wildman–Crippen LogP) is 3.52. The second kappa shape index (κ2) is 7.48. The molecule has 28 heavy (non-hydrogen) atoms. The molecule has 0 atom stereocenters. The topological polar surface area (TPSA) is 79.8 Å². The summed E-state index contributed by atoms with van der Waals surface area (Å²) in [4.78, 5) is 28.6. The Kier molecular flexibility index (Phi) is 4.88. The molecule has 4 rings (SSSR count). The van der Waals surface area contributed by atoms with Crippen LogP contribution in [0.1, 0.15) is 23.0 Å². The molecule has 0 spiro atoms. The molecule has 0 fully saturated rings. The Hall–Kier alpha value is -3.12. The third-order valence-corrected chi connectivity index (χ3v) is 5.02. The summed E-state index contributed by atoms with van der Waals surface area (Å²) in [6.07, 6.45) is 2.59. The van der Waals surface area contributed by atoms with Crippen molar-refractivity contribution in [2.75, 3.05) is 6.54 Å². The van der Waals surface area contributed by atoms with Crippen molar-refractivity contribution in [3.8, 4) is 0 Å². The average Bonchev–Trinajstić information content (AvgIpc) is 3.12. The number of carbonyl (C=O) groups is 1. The van der Waals surface area contributed by atoms with E-state index in [2.05, 4.69) is 15.4 Å². The first-order valence-electron chi connectivity index (χ1n) is 9.12. The summed E-state index contributed by atoms with van der Waals surface area (Å²) in [6.45, 7) is 2.85. The fraction of sp³-hybridized carbons (Fsp3) is 0.190. The number of fused-ring (bicyclic) bond motifs is 2. The Bertz CT molecular complexity index is 1240. The Morgan fingerprint density at radius 3 is 2.86 bits per heavy atom. The Morgan fingerprint density at radius 2 is 2.04 bits per heavy atom. The number of nitrogens with zero attached hydrogens (tertiary/aromatic N) is 2. The zero-order valence-corrected chi connectivity index (χ0v) is 16.1. The lowest BCUT2D eigenvalue weighted by Crippen LogP contribution is -2.33. The molecule has 142 valence electrons. The van der Waals surface area contributed by atoms with Crippen LogP contribution in [0.5, 0.6) is 0 Å². The van der Waals surface area contributed by atoms with E-state index in [9.17, 15) is 9.59 Å². The Labute approximate surface area is 166 Å². The summed E-state index contributed by atoms with van der Waals surface area (Å²) in [5.41, 5.74) is 2.30. The summed E-state index contributed by atoms with van der Waals surface area (Å²) in [5.74, 6) is -0.478. The number of H-pyrrole nitrogens is 1. The van der Waals surface area contributed by atoms with Crippen LogP contribution in [0.3, 0.4) is 0 Å². The minimum atomic E-state index is -0.478. The van der Waals surface area contributed by atoms with Crippen molar-refractivity contribution in [3.63, 3.8) is 0 Å². The second-order valence-electron chi connectivity index (χ2n) is 6.52. The molecule has 2 heterocycles. The molecule has 0 aliphatic carbocycles. The molecule has 0 unspecified atom stereocenters. The van der Waals surface area contributed by atoms with Gasteiger partial charge in [-0.3, -0.25) is 14.3 Å². The van der Waals surface area contributed by atoms with Gasteiger partial charge in [0.1, 0.15) is 0 Å². The minimum absolute atomic E-state index is 0.115. The highest BCUT2D eigenvalue weighted by Gasteiger charge is 2.17. The lowest BCUT2D eigenvalue weighted by atomic mass is 10.1. The summed E-state index contributed by atoms with van der Waals surface area (Å²) >= 11 is 6.03. The van der Waals surface area contributed by atoms with Crippen LogP contribution in [0, 0.1) is 0 Å². The zero-order chi connectivity index (χ0) is 19.7. The standard InChI is InChI=1S/C21H19ClN4O2/c1-2-26-18-8-7-14(22)11-16(18)20(27)19(25-26)21(28)23-10-9-13-12-24-17-6-4-3-5-15(13)17/h3-8,11-12,24H,2,9-10H2,1H3,(H,23,28). The molecule has 0 radical (unpaired) electrons. The van der Waals surface area contributed by atoms with E-state index in [1.807, 2.05) is 37.4 Å². The van der Waals surface area contributed by atoms with Gasteiger partial charge in [-0.15, -0.1) is 0 Å². The van der Waals surface area contributed by atoms with E-state index >= 15 is 0 Å². The summed E-state index contributed by atoms with van der Waals surface area (Å²) in [6, 6.07) is 13.0. The lowest BCUT2D eigenvalue weighted by molar-refractivity contribution is 0.0946. The van der Waals surface area contributed by atoms with E-state index in [4.69, 9.17) is 11.6 Å². The van der Waals surface area contributed by atoms with Crippen LogP contribution in [0.15, 0.2) is 53.5 Å². The quantitative estimate of drug-likeness (QED) is 0.543. The van der Waals surface area contributed by atoms with Crippen molar-refractivity contribution in [1.29, 1.82) is 0 Å². The number of hydrogen-bond acceptors (Lipinski definition) is 3. The molecule has 0 saturated heterocycles. The Balaban J connectivity index is 1.57. The minimum Gasteiger partial charge on any atom is -0.361 e. The van der Waals surface area contributed by atoms with Gasteiger partial charge in [0.25, 0.3) is 5.91 Å². The van der Waals surface area contributed by atoms with Crippen molar-refractivity contribution < 1.29 is 4.79 Å². The lowest BCUT2D eigenvalue weighted by Gasteiger charge is -2.10. The van der Waals surface area contributed by atoms with Gasteiger partial charge in [0.15, 0.2) is 5.69 Å². The van der Waals surface area contributed by atoms with Gasteiger partial charge in [-0.25, -0.2) is 0 Å². The number of aromatic nitrogens is 3. The number of carbonyl (C=O) groups excluding carboxylic acids is 1. The molecule has 1 amide bonds. The monoisotopic (exact) mass is 394 g/mol. The number of nitrogens with one attached hydrogen (secondary N) is 2. The molecule has 2 aromatic heterocycles. The summed E-state index contributed by atoms with van der Waals surface area (Å²) in [5, 5.41) is 9.04. The zero-order valence-electron chi connectivity index (χ0n) is 15.3. The van der Waals surface area contributed by atoms with Crippen LogP contribution in [0.25, 0.3) is 21.8 Å². The van der Waals surface area contributed by atoms with E-state index in [1.165, 1.54) is 0 Å². The highest BCUT2D eigenvalue weighted by molar-refractivity contribution is 6.31. The molecule has 0 saturated carbocycles. The van der Waals surface area contributed by atoms with Crippen molar-refractivity contribution >= 4 is 39.3 Å². The third-order valence-electron chi connectivity index (χ3n) is 4.79. The molecule has 7 heteroatoms. The van der Waals surface area contributed by atoms with Gasteiger partial charge in [-0.1, -0.05) is 29.8 Å². The summed E-state index contributed by atoms with van der Waals surface area (Å²) in [7, 11) is 0. The van der Waals surface area contributed by atoms with E-state index in [-0.39, 0.29) is 5.69 Å². The number of aromatic amines is 1. The van der Waals surface area contributed by atoms with Gasteiger partial charge >= 0.3 is 0 Å². The van der Waals surface area contributed by atoms with Gasteiger partial charge in [-0.2, -0.15) is 5.10 Å². The van der Waals surface area contributed by atoms with Crippen LogP contribution in [0.4, 0.5) is 0 Å². The number of aryl methyl sites for hydroxylation is 1. The molecule has 0 bridgehead atoms. The van der Waals surface area contributed by atoms with Crippen LogP contribution < -0.4 is 10.7 Å². The number of hydrogen-bond donors (Lipinski definition) is 2. The largest absolute Gasteiger partial charge is 0.361 e. The molecule has 2 N–H and O–H groups in total. The molecular weight excluding hydrogens is 376 g/mol. The number of halogens is 1. The van der Waals surface area contributed by atoms with E-state index in [0.29, 0.717) is 35.4 Å². The highest BCUT2D eigenvalue weighted by Crippen LogP contribution is 2.18. The van der Waals surface area contributed by atoms with Gasteiger partial charge in [-0.05, 0) is 43.2 Å². The first-order chi connectivity index (χ1) is 13.6. The number of benzene rings is 2. The van der Waals surface area contributed by atoms with Crippen molar-refractivity contribution in [2.45, 2.75) is 19.9 Å². The molecule has 2 aromatic carbocycles. The van der Waals surface area contributed by atoms with Crippen LogP contribution in [-0.2, 0) is 13.0 Å². The smallest absolute Gasteiger partial charge is 0.275 e. The van der Waals surface area contributed by atoms with Crippen LogP contribution in [-0.4, -0.2) is 27.2 Å². The maximum absolute atomic E-state index is 12.8. The number of amides is 1. The van der Waals surface area contributed by atoms with Crippen molar-refractivity contribution in [2.24, 2.45) is 0 Å². The summed E-state index contributed by atoms with van der Waals surface area (Å²) < 4.78 is 1.64. The molecular formula is C21H19ClN4O2. The fourth-order valence-corrected chi connectivity index (χ4v) is 3.56. The van der Waals surface area contributed by atoms with Gasteiger partial charge < -0.3 is 10.3 Å². The molecule has 6 nitrogen and oxygen atoms in total.